The van der Waals surface area contributed by atoms with Gasteiger partial charge < -0.3 is 9.52 Å². The van der Waals surface area contributed by atoms with Gasteiger partial charge in [0.1, 0.15) is 11.5 Å². The number of aliphatic hydroxyl groups is 1. The number of anilines is 1. The maximum absolute atomic E-state index is 11.7. The SMILES string of the molecule is Cc1cc(N2C(=O)NC(=O)C(O)C2=O)c(C)o1. The number of furan rings is 1. The van der Waals surface area contributed by atoms with Crippen molar-refractivity contribution in [3.8, 4) is 0 Å². The van der Waals surface area contributed by atoms with Gasteiger partial charge in [0.2, 0.25) is 6.10 Å². The Bertz CT molecular complexity index is 519. The van der Waals surface area contributed by atoms with Gasteiger partial charge in [-0.1, -0.05) is 0 Å². The highest BCUT2D eigenvalue weighted by atomic mass is 16.3. The molecule has 0 aliphatic carbocycles. The van der Waals surface area contributed by atoms with Gasteiger partial charge in [-0.3, -0.25) is 14.9 Å². The number of carbonyl (C=O) groups excluding carboxylic acids is 3. The Morgan fingerprint density at radius 3 is 2.53 bits per heavy atom. The summed E-state index contributed by atoms with van der Waals surface area (Å²) in [5.74, 6) is -1.13. The Morgan fingerprint density at radius 2 is 2.00 bits per heavy atom. The highest BCUT2D eigenvalue weighted by Crippen LogP contribution is 2.26. The van der Waals surface area contributed by atoms with Crippen molar-refractivity contribution >= 4 is 23.5 Å². The van der Waals surface area contributed by atoms with Gasteiger partial charge in [-0.15, -0.1) is 0 Å². The molecule has 1 fully saturated rings. The number of imide groups is 2. The molecule has 1 aromatic heterocycles. The van der Waals surface area contributed by atoms with Crippen LogP contribution < -0.4 is 10.2 Å². The quantitative estimate of drug-likeness (QED) is 0.662. The first-order chi connectivity index (χ1) is 7.91. The van der Waals surface area contributed by atoms with Gasteiger partial charge in [0.05, 0.1) is 5.69 Å². The zero-order valence-corrected chi connectivity index (χ0v) is 9.18. The van der Waals surface area contributed by atoms with Crippen LogP contribution >= 0.6 is 0 Å². The highest BCUT2D eigenvalue weighted by molar-refractivity contribution is 6.29. The third kappa shape index (κ3) is 1.70. The van der Waals surface area contributed by atoms with Crippen molar-refractivity contribution in [3.63, 3.8) is 0 Å². The summed E-state index contributed by atoms with van der Waals surface area (Å²) >= 11 is 0. The number of barbiturate groups is 1. The molecule has 0 saturated carbocycles. The van der Waals surface area contributed by atoms with E-state index in [0.717, 1.165) is 0 Å². The summed E-state index contributed by atoms with van der Waals surface area (Å²) in [6.45, 7) is 3.23. The molecule has 0 radical (unpaired) electrons. The summed E-state index contributed by atoms with van der Waals surface area (Å²) < 4.78 is 5.19. The molecule has 1 atom stereocenters. The fraction of sp³-hybridized carbons (Fsp3) is 0.300. The first-order valence-electron chi connectivity index (χ1n) is 4.85. The van der Waals surface area contributed by atoms with Crippen LogP contribution in [0.4, 0.5) is 10.5 Å². The first kappa shape index (κ1) is 11.3. The average Bonchev–Trinajstić information content (AvgIpc) is 2.55. The number of aliphatic hydroxyl groups excluding tert-OH is 1. The molecular weight excluding hydrogens is 228 g/mol. The molecule has 1 aromatic rings. The van der Waals surface area contributed by atoms with Crippen molar-refractivity contribution < 1.29 is 23.9 Å². The molecule has 0 bridgehead atoms. The van der Waals surface area contributed by atoms with Crippen LogP contribution in [-0.2, 0) is 9.59 Å². The number of nitrogens with one attached hydrogen (secondary N) is 1. The van der Waals surface area contributed by atoms with Crippen molar-refractivity contribution in [1.82, 2.24) is 5.32 Å². The van der Waals surface area contributed by atoms with Crippen LogP contribution in [0.3, 0.4) is 0 Å². The molecule has 90 valence electrons. The molecule has 0 aromatic carbocycles. The van der Waals surface area contributed by atoms with Crippen molar-refractivity contribution in [3.05, 3.63) is 17.6 Å². The van der Waals surface area contributed by atoms with Crippen molar-refractivity contribution in [2.75, 3.05) is 4.90 Å². The van der Waals surface area contributed by atoms with E-state index in [4.69, 9.17) is 4.42 Å². The van der Waals surface area contributed by atoms with Crippen LogP contribution in [0.2, 0.25) is 0 Å². The molecule has 1 unspecified atom stereocenters. The number of rotatable bonds is 1. The third-order valence-corrected chi connectivity index (χ3v) is 2.39. The number of aryl methyl sites for hydroxylation is 2. The normalized spacial score (nSPS) is 20.8. The van der Waals surface area contributed by atoms with Crippen LogP contribution in [0.5, 0.6) is 0 Å². The number of hydrogen-bond acceptors (Lipinski definition) is 5. The van der Waals surface area contributed by atoms with Crippen molar-refractivity contribution in [2.24, 2.45) is 0 Å². The molecule has 2 rings (SSSR count). The highest BCUT2D eigenvalue weighted by Gasteiger charge is 2.41. The molecule has 1 aliphatic heterocycles. The van der Waals surface area contributed by atoms with Gasteiger partial charge >= 0.3 is 6.03 Å². The van der Waals surface area contributed by atoms with E-state index in [2.05, 4.69) is 0 Å². The summed E-state index contributed by atoms with van der Waals surface area (Å²) in [7, 11) is 0. The van der Waals surface area contributed by atoms with E-state index in [1.165, 1.54) is 6.07 Å². The number of hydrogen-bond donors (Lipinski definition) is 2. The van der Waals surface area contributed by atoms with Gasteiger partial charge in [-0.2, -0.15) is 0 Å². The average molecular weight is 238 g/mol. The standard InChI is InChI=1S/C10H10N2O5/c1-4-3-6(5(2)17-4)12-9(15)7(13)8(14)11-10(12)16/h3,7,13H,1-2H3,(H,11,14,16). The van der Waals surface area contributed by atoms with Gasteiger partial charge in [-0.25, -0.2) is 9.69 Å². The molecule has 4 amide bonds. The summed E-state index contributed by atoms with van der Waals surface area (Å²) in [6, 6.07) is 0.587. The lowest BCUT2D eigenvalue weighted by molar-refractivity contribution is -0.139. The molecule has 2 heterocycles. The second kappa shape index (κ2) is 3.70. The van der Waals surface area contributed by atoms with Crippen LogP contribution in [0.1, 0.15) is 11.5 Å². The molecule has 7 nitrogen and oxygen atoms in total. The number of amides is 4. The zero-order chi connectivity index (χ0) is 12.7. The summed E-state index contributed by atoms with van der Waals surface area (Å²) in [5.41, 5.74) is 0.219. The summed E-state index contributed by atoms with van der Waals surface area (Å²) in [6.07, 6.45) is -1.87. The Balaban J connectivity index is 2.44. The van der Waals surface area contributed by atoms with Gasteiger partial charge in [-0.05, 0) is 13.8 Å². The second-order valence-corrected chi connectivity index (χ2v) is 3.67. The lowest BCUT2D eigenvalue weighted by Gasteiger charge is -2.26. The lowest BCUT2D eigenvalue weighted by atomic mass is 10.2. The Morgan fingerprint density at radius 1 is 1.35 bits per heavy atom. The van der Waals surface area contributed by atoms with Crippen molar-refractivity contribution in [2.45, 2.75) is 20.0 Å². The first-order valence-corrected chi connectivity index (χ1v) is 4.85. The monoisotopic (exact) mass is 238 g/mol. The smallest absolute Gasteiger partial charge is 0.335 e. The molecular formula is C10H10N2O5. The minimum absolute atomic E-state index is 0.219. The summed E-state index contributed by atoms with van der Waals surface area (Å²) in [5, 5.41) is 11.2. The molecule has 17 heavy (non-hydrogen) atoms. The van der Waals surface area contributed by atoms with Crippen LogP contribution in [0.25, 0.3) is 0 Å². The van der Waals surface area contributed by atoms with Crippen LogP contribution in [0, 0.1) is 13.8 Å². The van der Waals surface area contributed by atoms with E-state index >= 15 is 0 Å². The van der Waals surface area contributed by atoms with Crippen LogP contribution in [0.15, 0.2) is 10.5 Å². The molecule has 1 saturated heterocycles. The lowest BCUT2D eigenvalue weighted by Crippen LogP contribution is -2.60. The van der Waals surface area contributed by atoms with Gasteiger partial charge in [0.25, 0.3) is 11.8 Å². The van der Waals surface area contributed by atoms with Gasteiger partial charge in [0, 0.05) is 6.07 Å². The zero-order valence-electron chi connectivity index (χ0n) is 9.18. The van der Waals surface area contributed by atoms with Crippen molar-refractivity contribution in [1.29, 1.82) is 0 Å². The van der Waals surface area contributed by atoms with E-state index in [0.29, 0.717) is 16.4 Å². The Labute approximate surface area is 96.0 Å². The minimum Gasteiger partial charge on any atom is -0.464 e. The largest absolute Gasteiger partial charge is 0.464 e. The Hall–Kier alpha value is -2.15. The van der Waals surface area contributed by atoms with E-state index in [1.54, 1.807) is 13.8 Å². The maximum atomic E-state index is 11.7. The van der Waals surface area contributed by atoms with E-state index in [9.17, 15) is 19.5 Å². The van der Waals surface area contributed by atoms with E-state index < -0.39 is 23.9 Å². The maximum Gasteiger partial charge on any atom is 0.335 e. The van der Waals surface area contributed by atoms with Gasteiger partial charge in [0.15, 0.2) is 0 Å². The third-order valence-electron chi connectivity index (χ3n) is 2.39. The predicted octanol–water partition coefficient (Wildman–Crippen LogP) is -0.160. The van der Waals surface area contributed by atoms with E-state index in [1.807, 2.05) is 5.32 Å². The molecule has 2 N–H and O–H groups in total. The second-order valence-electron chi connectivity index (χ2n) is 3.67. The molecule has 7 heteroatoms. The molecule has 0 spiro atoms. The van der Waals surface area contributed by atoms with E-state index in [-0.39, 0.29) is 5.69 Å². The van der Waals surface area contributed by atoms with Crippen LogP contribution in [-0.4, -0.2) is 29.1 Å². The fourth-order valence-corrected chi connectivity index (χ4v) is 1.63. The molecule has 1 aliphatic rings. The Kier molecular flexibility index (Phi) is 2.47. The fourth-order valence-electron chi connectivity index (χ4n) is 1.63. The topological polar surface area (TPSA) is 99.9 Å². The number of carbonyl (C=O) groups is 3. The summed E-state index contributed by atoms with van der Waals surface area (Å²) in [4.78, 5) is 34.9. The minimum atomic E-state index is -1.87. The number of nitrogens with zero attached hydrogens (tertiary/aromatic N) is 1. The predicted molar refractivity (Wildman–Crippen MR) is 55.2 cm³/mol. The number of urea groups is 1.